The molecule has 27 heavy (non-hydrogen) atoms. The van der Waals surface area contributed by atoms with Crippen LogP contribution >= 0.6 is 0 Å². The van der Waals surface area contributed by atoms with Crippen molar-refractivity contribution in [1.29, 1.82) is 0 Å². The fourth-order valence-corrected chi connectivity index (χ4v) is 2.45. The number of hydrogen-bond donors (Lipinski definition) is 2. The van der Waals surface area contributed by atoms with Gasteiger partial charge in [0.2, 0.25) is 17.7 Å². The Kier molecular flexibility index (Phi) is 4.11. The molecule has 9 heteroatoms. The summed E-state index contributed by atoms with van der Waals surface area (Å²) in [6.07, 6.45) is -1.91. The van der Waals surface area contributed by atoms with E-state index >= 15 is 0 Å². The highest BCUT2D eigenvalue weighted by molar-refractivity contribution is 5.78. The van der Waals surface area contributed by atoms with E-state index in [1.165, 1.54) is 24.5 Å². The van der Waals surface area contributed by atoms with Crippen LogP contribution in [0, 0.1) is 0 Å². The van der Waals surface area contributed by atoms with E-state index in [2.05, 4.69) is 25.3 Å². The lowest BCUT2D eigenvalue weighted by Gasteiger charge is -2.11. The number of anilines is 2. The van der Waals surface area contributed by atoms with Crippen molar-refractivity contribution in [2.24, 2.45) is 0 Å². The third-order valence-corrected chi connectivity index (χ3v) is 3.67. The predicted molar refractivity (Wildman–Crippen MR) is 92.9 cm³/mol. The summed E-state index contributed by atoms with van der Waals surface area (Å²) in [6.45, 7) is 0. The van der Waals surface area contributed by atoms with Crippen LogP contribution in [-0.2, 0) is 6.18 Å². The Morgan fingerprint density at radius 1 is 0.963 bits per heavy atom. The van der Waals surface area contributed by atoms with Crippen LogP contribution in [0.25, 0.3) is 11.0 Å². The summed E-state index contributed by atoms with van der Waals surface area (Å²) in [4.78, 5) is 15.1. The Bertz CT molecular complexity index is 1040. The summed E-state index contributed by atoms with van der Waals surface area (Å²) >= 11 is 0. The standard InChI is InChI=1S/C18H12F3N5O/c19-18(20,21)12-4-3-9-22-16(12)27-15-8-7-11(10-23-15)24-17-25-13-5-1-2-6-14(13)26-17/h1-10H,(H2,24,25,26). The highest BCUT2D eigenvalue weighted by Gasteiger charge is 2.35. The van der Waals surface area contributed by atoms with Crippen molar-refractivity contribution in [2.75, 3.05) is 5.32 Å². The molecule has 0 bridgehead atoms. The second-order valence-corrected chi connectivity index (χ2v) is 5.57. The van der Waals surface area contributed by atoms with Crippen molar-refractivity contribution in [3.63, 3.8) is 0 Å². The van der Waals surface area contributed by atoms with E-state index in [0.717, 1.165) is 17.1 Å². The molecule has 0 saturated heterocycles. The van der Waals surface area contributed by atoms with Crippen LogP contribution in [0.4, 0.5) is 24.8 Å². The van der Waals surface area contributed by atoms with Crippen LogP contribution < -0.4 is 10.1 Å². The normalized spacial score (nSPS) is 11.5. The molecular formula is C18H12F3N5O. The molecule has 0 aliphatic rings. The number of rotatable bonds is 4. The van der Waals surface area contributed by atoms with E-state index in [0.29, 0.717) is 11.6 Å². The van der Waals surface area contributed by atoms with Gasteiger partial charge in [-0.15, -0.1) is 0 Å². The molecule has 0 aliphatic carbocycles. The maximum Gasteiger partial charge on any atom is 0.421 e. The van der Waals surface area contributed by atoms with Crippen molar-refractivity contribution in [3.8, 4) is 11.8 Å². The van der Waals surface area contributed by atoms with Crippen molar-refractivity contribution < 1.29 is 17.9 Å². The number of aromatic nitrogens is 4. The molecule has 3 heterocycles. The highest BCUT2D eigenvalue weighted by atomic mass is 19.4. The number of alkyl halides is 3. The predicted octanol–water partition coefficient (Wildman–Crippen LogP) is 4.91. The molecular weight excluding hydrogens is 359 g/mol. The summed E-state index contributed by atoms with van der Waals surface area (Å²) in [6, 6.07) is 12.7. The number of nitrogens with one attached hydrogen (secondary N) is 2. The van der Waals surface area contributed by atoms with Crippen molar-refractivity contribution in [1.82, 2.24) is 19.9 Å². The highest BCUT2D eigenvalue weighted by Crippen LogP contribution is 2.36. The first-order valence-electron chi connectivity index (χ1n) is 7.87. The van der Waals surface area contributed by atoms with E-state index < -0.39 is 17.6 Å². The van der Waals surface area contributed by atoms with Gasteiger partial charge in [-0.05, 0) is 30.3 Å². The topological polar surface area (TPSA) is 75.7 Å². The quantitative estimate of drug-likeness (QED) is 0.533. The zero-order valence-corrected chi connectivity index (χ0v) is 13.7. The Morgan fingerprint density at radius 3 is 2.56 bits per heavy atom. The van der Waals surface area contributed by atoms with E-state index in [1.807, 2.05) is 24.3 Å². The monoisotopic (exact) mass is 371 g/mol. The van der Waals surface area contributed by atoms with Crippen molar-refractivity contribution in [2.45, 2.75) is 6.18 Å². The number of benzene rings is 1. The molecule has 4 aromatic rings. The summed E-state index contributed by atoms with van der Waals surface area (Å²) in [5, 5.41) is 3.04. The lowest BCUT2D eigenvalue weighted by Crippen LogP contribution is -2.08. The van der Waals surface area contributed by atoms with Gasteiger partial charge in [0.25, 0.3) is 0 Å². The van der Waals surface area contributed by atoms with Gasteiger partial charge >= 0.3 is 6.18 Å². The van der Waals surface area contributed by atoms with Gasteiger partial charge in [-0.2, -0.15) is 13.2 Å². The zero-order chi connectivity index (χ0) is 18.9. The molecule has 0 amide bonds. The van der Waals surface area contributed by atoms with Crippen LogP contribution in [-0.4, -0.2) is 19.9 Å². The van der Waals surface area contributed by atoms with Gasteiger partial charge in [-0.3, -0.25) is 0 Å². The number of ether oxygens (including phenoxy) is 1. The number of halogens is 3. The average Bonchev–Trinajstić information content (AvgIpc) is 3.05. The smallest absolute Gasteiger partial charge is 0.420 e. The molecule has 136 valence electrons. The molecule has 0 spiro atoms. The number of imidazole rings is 1. The van der Waals surface area contributed by atoms with Crippen LogP contribution in [0.1, 0.15) is 5.56 Å². The van der Waals surface area contributed by atoms with Gasteiger partial charge < -0.3 is 15.0 Å². The lowest BCUT2D eigenvalue weighted by atomic mass is 10.2. The first-order valence-corrected chi connectivity index (χ1v) is 7.87. The average molecular weight is 371 g/mol. The molecule has 0 aliphatic heterocycles. The SMILES string of the molecule is FC(F)(F)c1cccnc1Oc1ccc(Nc2nc3ccccc3[nH]2)cn1. The number of hydrogen-bond acceptors (Lipinski definition) is 5. The zero-order valence-electron chi connectivity index (χ0n) is 13.7. The van der Waals surface area contributed by atoms with Gasteiger partial charge in [0.15, 0.2) is 0 Å². The van der Waals surface area contributed by atoms with E-state index in [4.69, 9.17) is 4.74 Å². The van der Waals surface area contributed by atoms with Crippen LogP contribution in [0.5, 0.6) is 11.8 Å². The number of para-hydroxylation sites is 2. The third-order valence-electron chi connectivity index (χ3n) is 3.67. The molecule has 2 N–H and O–H groups in total. The summed E-state index contributed by atoms with van der Waals surface area (Å²) in [7, 11) is 0. The molecule has 1 aromatic carbocycles. The van der Waals surface area contributed by atoms with E-state index in [1.54, 1.807) is 6.07 Å². The lowest BCUT2D eigenvalue weighted by molar-refractivity contribution is -0.138. The number of nitrogens with zero attached hydrogens (tertiary/aromatic N) is 3. The van der Waals surface area contributed by atoms with Gasteiger partial charge in [0.1, 0.15) is 5.56 Å². The fourth-order valence-electron chi connectivity index (χ4n) is 2.45. The first-order chi connectivity index (χ1) is 13.0. The maximum absolute atomic E-state index is 13.0. The Labute approximate surface area is 151 Å². The first kappa shape index (κ1) is 16.8. The van der Waals surface area contributed by atoms with E-state index in [-0.39, 0.29) is 5.88 Å². The number of pyridine rings is 2. The largest absolute Gasteiger partial charge is 0.421 e. The van der Waals surface area contributed by atoms with Gasteiger partial charge in [-0.25, -0.2) is 15.0 Å². The Morgan fingerprint density at radius 2 is 1.81 bits per heavy atom. The molecule has 0 radical (unpaired) electrons. The molecule has 0 fully saturated rings. The Balaban J connectivity index is 1.51. The van der Waals surface area contributed by atoms with E-state index in [9.17, 15) is 13.2 Å². The minimum atomic E-state index is -4.56. The molecule has 0 atom stereocenters. The summed E-state index contributed by atoms with van der Waals surface area (Å²) in [5.41, 5.74) is 1.32. The molecule has 4 rings (SSSR count). The number of H-pyrrole nitrogens is 1. The molecule has 0 unspecified atom stereocenters. The second kappa shape index (κ2) is 6.60. The molecule has 6 nitrogen and oxygen atoms in total. The van der Waals surface area contributed by atoms with Crippen molar-refractivity contribution >= 4 is 22.7 Å². The maximum atomic E-state index is 13.0. The third kappa shape index (κ3) is 3.66. The summed E-state index contributed by atoms with van der Waals surface area (Å²) < 4.78 is 44.1. The van der Waals surface area contributed by atoms with Gasteiger partial charge in [-0.1, -0.05) is 12.1 Å². The van der Waals surface area contributed by atoms with Crippen LogP contribution in [0.15, 0.2) is 60.9 Å². The minimum absolute atomic E-state index is 0.00523. The summed E-state index contributed by atoms with van der Waals surface area (Å²) in [5.74, 6) is -0.0272. The van der Waals surface area contributed by atoms with Gasteiger partial charge in [0, 0.05) is 12.3 Å². The Hall–Kier alpha value is -3.62. The second-order valence-electron chi connectivity index (χ2n) is 5.57. The van der Waals surface area contributed by atoms with Crippen molar-refractivity contribution in [3.05, 3.63) is 66.5 Å². The molecule has 0 saturated carbocycles. The van der Waals surface area contributed by atoms with Crippen LogP contribution in [0.2, 0.25) is 0 Å². The number of aromatic amines is 1. The number of fused-ring (bicyclic) bond motifs is 1. The minimum Gasteiger partial charge on any atom is -0.420 e. The van der Waals surface area contributed by atoms with Gasteiger partial charge in [0.05, 0.1) is 22.9 Å². The fraction of sp³-hybridized carbons (Fsp3) is 0.0556. The molecule has 3 aromatic heterocycles. The van der Waals surface area contributed by atoms with Crippen LogP contribution in [0.3, 0.4) is 0 Å².